The maximum absolute atomic E-state index is 5.60. The van der Waals surface area contributed by atoms with Gasteiger partial charge >= 0.3 is 0 Å². The Labute approximate surface area is 114 Å². The molecule has 4 heteroatoms. The van der Waals surface area contributed by atoms with Crippen molar-refractivity contribution < 1.29 is 14.2 Å². The molecule has 0 saturated heterocycles. The van der Waals surface area contributed by atoms with E-state index in [0.717, 1.165) is 6.61 Å². The normalized spacial score (nSPS) is 12.0. The SMILES string of the molecule is CC[Si](CC)(CC)CCCOCCOCCOC. The number of hydrogen-bond donors (Lipinski definition) is 0. The Morgan fingerprint density at radius 1 is 0.722 bits per heavy atom. The zero-order chi connectivity index (χ0) is 13.7. The van der Waals surface area contributed by atoms with Crippen molar-refractivity contribution in [2.75, 3.05) is 40.1 Å². The van der Waals surface area contributed by atoms with E-state index < -0.39 is 8.07 Å². The Morgan fingerprint density at radius 2 is 1.22 bits per heavy atom. The Hall–Kier alpha value is 0.0969. The van der Waals surface area contributed by atoms with Crippen LogP contribution in [-0.2, 0) is 14.2 Å². The third-order valence-corrected chi connectivity index (χ3v) is 9.96. The molecule has 0 atom stereocenters. The van der Waals surface area contributed by atoms with Gasteiger partial charge in [0.1, 0.15) is 0 Å². The highest BCUT2D eigenvalue weighted by molar-refractivity contribution is 6.79. The van der Waals surface area contributed by atoms with Gasteiger partial charge in [-0.3, -0.25) is 0 Å². The number of ether oxygens (including phenoxy) is 3. The van der Waals surface area contributed by atoms with Crippen LogP contribution in [0.3, 0.4) is 0 Å². The van der Waals surface area contributed by atoms with Gasteiger partial charge in [0.25, 0.3) is 0 Å². The van der Waals surface area contributed by atoms with Crippen molar-refractivity contribution in [2.24, 2.45) is 0 Å². The Bertz CT molecular complexity index is 164. The van der Waals surface area contributed by atoms with Gasteiger partial charge in [0.05, 0.1) is 34.5 Å². The molecule has 110 valence electrons. The molecule has 0 bridgehead atoms. The fourth-order valence-electron chi connectivity index (χ4n) is 2.29. The van der Waals surface area contributed by atoms with E-state index in [4.69, 9.17) is 14.2 Å². The summed E-state index contributed by atoms with van der Waals surface area (Å²) in [5.41, 5.74) is 0. The van der Waals surface area contributed by atoms with Crippen LogP contribution >= 0.6 is 0 Å². The summed E-state index contributed by atoms with van der Waals surface area (Å²) in [6, 6.07) is 5.67. The molecule has 0 amide bonds. The van der Waals surface area contributed by atoms with Gasteiger partial charge < -0.3 is 14.2 Å². The van der Waals surface area contributed by atoms with Gasteiger partial charge in [-0.2, -0.15) is 0 Å². The van der Waals surface area contributed by atoms with Crippen LogP contribution in [0.25, 0.3) is 0 Å². The molecule has 0 aromatic rings. The molecule has 3 nitrogen and oxygen atoms in total. The summed E-state index contributed by atoms with van der Waals surface area (Å²) >= 11 is 0. The second kappa shape index (κ2) is 12.1. The van der Waals surface area contributed by atoms with E-state index in [-0.39, 0.29) is 0 Å². The molecule has 0 unspecified atom stereocenters. The van der Waals surface area contributed by atoms with Crippen LogP contribution in [0, 0.1) is 0 Å². The lowest BCUT2D eigenvalue weighted by Gasteiger charge is -2.27. The predicted molar refractivity (Wildman–Crippen MR) is 80.1 cm³/mol. The summed E-state index contributed by atoms with van der Waals surface area (Å²) in [6.07, 6.45) is 1.22. The third-order valence-electron chi connectivity index (χ3n) is 4.05. The van der Waals surface area contributed by atoms with E-state index >= 15 is 0 Å². The second-order valence-corrected chi connectivity index (χ2v) is 10.5. The average molecular weight is 276 g/mol. The van der Waals surface area contributed by atoms with E-state index in [1.807, 2.05) is 0 Å². The Balaban J connectivity index is 3.38. The minimum Gasteiger partial charge on any atom is -0.382 e. The van der Waals surface area contributed by atoms with Crippen molar-refractivity contribution in [1.29, 1.82) is 0 Å². The van der Waals surface area contributed by atoms with Crippen LogP contribution < -0.4 is 0 Å². The largest absolute Gasteiger partial charge is 0.382 e. The zero-order valence-corrected chi connectivity index (χ0v) is 13.8. The van der Waals surface area contributed by atoms with Crippen LogP contribution in [-0.4, -0.2) is 48.2 Å². The first kappa shape index (κ1) is 18.1. The maximum atomic E-state index is 5.60. The molecule has 0 aliphatic carbocycles. The number of methoxy groups -OCH3 is 1. The van der Waals surface area contributed by atoms with Crippen LogP contribution in [0.15, 0.2) is 0 Å². The van der Waals surface area contributed by atoms with Crippen molar-refractivity contribution in [3.05, 3.63) is 0 Å². The molecule has 0 aliphatic rings. The van der Waals surface area contributed by atoms with Gasteiger partial charge in [-0.05, 0) is 6.42 Å². The molecule has 0 N–H and O–H groups in total. The first-order valence-corrected chi connectivity index (χ1v) is 10.2. The highest BCUT2D eigenvalue weighted by Gasteiger charge is 2.25. The van der Waals surface area contributed by atoms with E-state index in [1.54, 1.807) is 7.11 Å². The van der Waals surface area contributed by atoms with Crippen LogP contribution in [0.2, 0.25) is 24.2 Å². The van der Waals surface area contributed by atoms with Gasteiger partial charge in [-0.25, -0.2) is 0 Å². The molecule has 0 spiro atoms. The van der Waals surface area contributed by atoms with E-state index in [9.17, 15) is 0 Å². The number of hydrogen-bond acceptors (Lipinski definition) is 3. The van der Waals surface area contributed by atoms with Crippen molar-refractivity contribution in [2.45, 2.75) is 51.4 Å². The molecule has 0 fully saturated rings. The predicted octanol–water partition coefficient (Wildman–Crippen LogP) is 3.56. The van der Waals surface area contributed by atoms with Crippen LogP contribution in [0.1, 0.15) is 27.2 Å². The fraction of sp³-hybridized carbons (Fsp3) is 1.00. The average Bonchev–Trinajstić information content (AvgIpc) is 2.42. The van der Waals surface area contributed by atoms with E-state index in [1.165, 1.54) is 30.6 Å². The van der Waals surface area contributed by atoms with Gasteiger partial charge in [0, 0.05) is 13.7 Å². The molecule has 0 aliphatic heterocycles. The highest BCUT2D eigenvalue weighted by atomic mass is 28.3. The minimum atomic E-state index is -0.931. The quantitative estimate of drug-likeness (QED) is 0.380. The summed E-state index contributed by atoms with van der Waals surface area (Å²) in [5, 5.41) is 0. The lowest BCUT2D eigenvalue weighted by atomic mass is 10.5. The second-order valence-electron chi connectivity index (χ2n) is 4.88. The smallest absolute Gasteiger partial charge is 0.0701 e. The van der Waals surface area contributed by atoms with Crippen molar-refractivity contribution >= 4 is 8.07 Å². The summed E-state index contributed by atoms with van der Waals surface area (Å²) in [5.74, 6) is 0. The zero-order valence-electron chi connectivity index (χ0n) is 12.8. The Kier molecular flexibility index (Phi) is 12.2. The van der Waals surface area contributed by atoms with Crippen molar-refractivity contribution in [3.8, 4) is 0 Å². The van der Waals surface area contributed by atoms with Crippen molar-refractivity contribution in [1.82, 2.24) is 0 Å². The molecular formula is C14H32O3Si. The van der Waals surface area contributed by atoms with Gasteiger partial charge in [-0.15, -0.1) is 0 Å². The highest BCUT2D eigenvalue weighted by Crippen LogP contribution is 2.26. The molecule has 0 saturated carbocycles. The van der Waals surface area contributed by atoms with Gasteiger partial charge in [0.15, 0.2) is 0 Å². The molecule has 0 aromatic carbocycles. The monoisotopic (exact) mass is 276 g/mol. The molecule has 0 heterocycles. The van der Waals surface area contributed by atoms with E-state index in [0.29, 0.717) is 26.4 Å². The van der Waals surface area contributed by atoms with Gasteiger partial charge in [-0.1, -0.05) is 44.9 Å². The van der Waals surface area contributed by atoms with Crippen LogP contribution in [0.4, 0.5) is 0 Å². The minimum absolute atomic E-state index is 0.664. The van der Waals surface area contributed by atoms with Gasteiger partial charge in [0.2, 0.25) is 0 Å². The molecule has 0 aromatic heterocycles. The lowest BCUT2D eigenvalue weighted by molar-refractivity contribution is 0.0249. The maximum Gasteiger partial charge on any atom is 0.0701 e. The summed E-state index contributed by atoms with van der Waals surface area (Å²) in [6.45, 7) is 10.7. The first-order chi connectivity index (χ1) is 8.74. The summed E-state index contributed by atoms with van der Waals surface area (Å²) in [7, 11) is 0.754. The van der Waals surface area contributed by atoms with Crippen molar-refractivity contribution in [3.63, 3.8) is 0 Å². The fourth-order valence-corrected chi connectivity index (χ4v) is 5.75. The lowest BCUT2D eigenvalue weighted by Crippen LogP contribution is -2.31. The number of rotatable bonds is 13. The first-order valence-electron chi connectivity index (χ1n) is 7.39. The van der Waals surface area contributed by atoms with E-state index in [2.05, 4.69) is 20.8 Å². The molecule has 0 rings (SSSR count). The topological polar surface area (TPSA) is 27.7 Å². The molecular weight excluding hydrogens is 244 g/mol. The molecule has 18 heavy (non-hydrogen) atoms. The van der Waals surface area contributed by atoms with Crippen LogP contribution in [0.5, 0.6) is 0 Å². The standard InChI is InChI=1S/C14H32O3Si/c1-5-18(6-2,7-3)14-8-9-16-12-13-17-11-10-15-4/h5-14H2,1-4H3. The summed E-state index contributed by atoms with van der Waals surface area (Å²) < 4.78 is 15.8. The summed E-state index contributed by atoms with van der Waals surface area (Å²) in [4.78, 5) is 0. The Morgan fingerprint density at radius 3 is 1.72 bits per heavy atom. The third kappa shape index (κ3) is 8.24. The molecule has 0 radical (unpaired) electrons.